The summed E-state index contributed by atoms with van der Waals surface area (Å²) in [6.07, 6.45) is 2.30. The van der Waals surface area contributed by atoms with Gasteiger partial charge in [-0.15, -0.1) is 0 Å². The van der Waals surface area contributed by atoms with E-state index >= 15 is 0 Å². The molecule has 0 spiro atoms. The molecule has 1 aliphatic rings. The van der Waals surface area contributed by atoms with Gasteiger partial charge in [0, 0.05) is 0 Å². The second-order valence-electron chi connectivity index (χ2n) is 3.86. The van der Waals surface area contributed by atoms with Crippen LogP contribution in [0.3, 0.4) is 0 Å². The molecule has 0 aromatic heterocycles. The van der Waals surface area contributed by atoms with Gasteiger partial charge in [-0.3, -0.25) is 4.79 Å². The fourth-order valence-electron chi connectivity index (χ4n) is 1.64. The molecule has 0 atom stereocenters. The largest absolute Gasteiger partial charge is 0.361 e. The molecule has 0 N–H and O–H groups in total. The van der Waals surface area contributed by atoms with Gasteiger partial charge >= 0.3 is 5.71 Å². The van der Waals surface area contributed by atoms with Gasteiger partial charge in [-0.2, -0.15) is 4.79 Å². The Labute approximate surface area is 71.7 Å². The second-order valence-corrected chi connectivity index (χ2v) is 3.86. The predicted octanol–water partition coefficient (Wildman–Crippen LogP) is 1.60. The highest BCUT2D eigenvalue weighted by Crippen LogP contribution is 2.30. The van der Waals surface area contributed by atoms with Crippen LogP contribution in [0, 0.1) is 5.41 Å². The van der Waals surface area contributed by atoms with Crippen LogP contribution in [-0.2, 0) is 4.79 Å². The summed E-state index contributed by atoms with van der Waals surface area (Å²) >= 11 is 0. The maximum absolute atomic E-state index is 11.3. The van der Waals surface area contributed by atoms with Gasteiger partial charge in [0.1, 0.15) is 0 Å². The van der Waals surface area contributed by atoms with Crippen molar-refractivity contribution in [1.82, 2.24) is 0 Å². The highest BCUT2D eigenvalue weighted by Gasteiger charge is 2.40. The van der Waals surface area contributed by atoms with Crippen LogP contribution in [0.15, 0.2) is 11.6 Å². The molecule has 0 bridgehead atoms. The molecular formula is C9H12N2O. The van der Waals surface area contributed by atoms with E-state index in [4.69, 9.17) is 5.53 Å². The van der Waals surface area contributed by atoms with E-state index in [1.807, 2.05) is 20.8 Å². The first-order chi connectivity index (χ1) is 5.47. The summed E-state index contributed by atoms with van der Waals surface area (Å²) < 4.78 is 0. The predicted molar refractivity (Wildman–Crippen MR) is 45.8 cm³/mol. The van der Waals surface area contributed by atoms with Crippen LogP contribution in [-0.4, -0.2) is 16.3 Å². The Kier molecular flexibility index (Phi) is 1.99. The van der Waals surface area contributed by atoms with Crippen molar-refractivity contribution in [2.75, 3.05) is 0 Å². The molecule has 64 valence electrons. The molecule has 0 unspecified atom stereocenters. The molecule has 0 radical (unpaired) electrons. The Morgan fingerprint density at radius 3 is 2.58 bits per heavy atom. The summed E-state index contributed by atoms with van der Waals surface area (Å²) in [5.41, 5.74) is 9.59. The van der Waals surface area contributed by atoms with Crippen molar-refractivity contribution in [2.45, 2.75) is 27.2 Å². The van der Waals surface area contributed by atoms with Crippen molar-refractivity contribution in [2.24, 2.45) is 5.41 Å². The molecule has 0 aromatic carbocycles. The smallest absolute Gasteiger partial charge is 0.344 e. The van der Waals surface area contributed by atoms with Gasteiger partial charge in [0.05, 0.1) is 5.41 Å². The standard InChI is InChI=1S/C9H12N2O/c1-6-4-7(12)8(11-10)9(2,3)5-6/h4H,5H2,1-3H3. The lowest BCUT2D eigenvalue weighted by atomic mass is 9.75. The van der Waals surface area contributed by atoms with Gasteiger partial charge in [0.25, 0.3) is 5.78 Å². The number of nitrogens with zero attached hydrogens (tertiary/aromatic N) is 2. The topological polar surface area (TPSA) is 53.5 Å². The summed E-state index contributed by atoms with van der Waals surface area (Å²) in [5, 5.41) is 0. The van der Waals surface area contributed by atoms with Gasteiger partial charge in [-0.25, -0.2) is 0 Å². The Morgan fingerprint density at radius 1 is 1.58 bits per heavy atom. The van der Waals surface area contributed by atoms with Gasteiger partial charge < -0.3 is 5.53 Å². The number of carbonyl (C=O) groups is 1. The number of ketones is 1. The number of allylic oxidation sites excluding steroid dienone is 2. The Hall–Kier alpha value is -1.21. The average molecular weight is 164 g/mol. The third-order valence-electron chi connectivity index (χ3n) is 2.07. The average Bonchev–Trinajstić information content (AvgIpc) is 1.82. The van der Waals surface area contributed by atoms with Crippen LogP contribution in [0.4, 0.5) is 0 Å². The SMILES string of the molecule is CC1=CC(=O)C(=[N+]=[N-])C(C)(C)C1. The summed E-state index contributed by atoms with van der Waals surface area (Å²) in [7, 11) is 0. The molecular weight excluding hydrogens is 152 g/mol. The van der Waals surface area contributed by atoms with Crippen LogP contribution in [0.2, 0.25) is 0 Å². The zero-order chi connectivity index (χ0) is 9.35. The maximum Gasteiger partial charge on any atom is 0.344 e. The first-order valence-electron chi connectivity index (χ1n) is 3.91. The van der Waals surface area contributed by atoms with E-state index in [0.29, 0.717) is 0 Å². The van der Waals surface area contributed by atoms with Crippen molar-refractivity contribution in [3.05, 3.63) is 17.2 Å². The molecule has 1 rings (SSSR count). The van der Waals surface area contributed by atoms with Gasteiger partial charge in [0.2, 0.25) is 0 Å². The minimum atomic E-state index is -0.329. The highest BCUT2D eigenvalue weighted by molar-refractivity contribution is 6.44. The van der Waals surface area contributed by atoms with Crippen LogP contribution < -0.4 is 0 Å². The molecule has 0 aromatic rings. The van der Waals surface area contributed by atoms with E-state index in [1.54, 1.807) is 0 Å². The summed E-state index contributed by atoms with van der Waals surface area (Å²) in [4.78, 5) is 14.3. The highest BCUT2D eigenvalue weighted by atomic mass is 16.1. The van der Waals surface area contributed by atoms with Crippen LogP contribution in [0.25, 0.3) is 5.53 Å². The molecule has 0 amide bonds. The number of hydrogen-bond donors (Lipinski definition) is 0. The molecule has 0 heterocycles. The van der Waals surface area contributed by atoms with E-state index in [2.05, 4.69) is 4.79 Å². The van der Waals surface area contributed by atoms with Crippen molar-refractivity contribution in [3.8, 4) is 0 Å². The number of rotatable bonds is 0. The van der Waals surface area contributed by atoms with E-state index in [9.17, 15) is 4.79 Å². The lowest BCUT2D eigenvalue weighted by molar-refractivity contribution is -0.115. The molecule has 0 aliphatic heterocycles. The Balaban J connectivity index is 3.21. The van der Waals surface area contributed by atoms with Crippen LogP contribution in [0.5, 0.6) is 0 Å². The minimum absolute atomic E-state index is 0.175. The summed E-state index contributed by atoms with van der Waals surface area (Å²) in [5.74, 6) is -0.175. The number of carbonyl (C=O) groups excluding carboxylic acids is 1. The first-order valence-corrected chi connectivity index (χ1v) is 3.91. The quantitative estimate of drug-likeness (QED) is 0.396. The van der Waals surface area contributed by atoms with Gasteiger partial charge in [-0.05, 0) is 33.3 Å². The van der Waals surface area contributed by atoms with Crippen molar-refractivity contribution in [1.29, 1.82) is 0 Å². The number of hydrogen-bond acceptors (Lipinski definition) is 1. The Bertz CT molecular complexity index is 306. The summed E-state index contributed by atoms with van der Waals surface area (Å²) in [6.45, 7) is 5.71. The second kappa shape index (κ2) is 2.68. The van der Waals surface area contributed by atoms with Crippen molar-refractivity contribution in [3.63, 3.8) is 0 Å². The maximum atomic E-state index is 11.3. The lowest BCUT2D eigenvalue weighted by Gasteiger charge is -2.22. The molecule has 0 saturated heterocycles. The Morgan fingerprint density at radius 2 is 2.17 bits per heavy atom. The molecule has 3 nitrogen and oxygen atoms in total. The lowest BCUT2D eigenvalue weighted by Crippen LogP contribution is -2.35. The van der Waals surface area contributed by atoms with E-state index in [-0.39, 0.29) is 16.9 Å². The van der Waals surface area contributed by atoms with Gasteiger partial charge in [0.15, 0.2) is 0 Å². The molecule has 0 fully saturated rings. The van der Waals surface area contributed by atoms with E-state index in [1.165, 1.54) is 6.08 Å². The van der Waals surface area contributed by atoms with Crippen LogP contribution in [0.1, 0.15) is 27.2 Å². The fourth-order valence-corrected chi connectivity index (χ4v) is 1.64. The van der Waals surface area contributed by atoms with Gasteiger partial charge in [-0.1, -0.05) is 5.57 Å². The molecule has 3 heteroatoms. The normalized spacial score (nSPS) is 21.8. The monoisotopic (exact) mass is 164 g/mol. The van der Waals surface area contributed by atoms with E-state index in [0.717, 1.165) is 12.0 Å². The minimum Gasteiger partial charge on any atom is -0.361 e. The fraction of sp³-hybridized carbons (Fsp3) is 0.556. The molecule has 12 heavy (non-hydrogen) atoms. The zero-order valence-corrected chi connectivity index (χ0v) is 7.59. The third-order valence-corrected chi connectivity index (χ3v) is 2.07. The molecule has 0 saturated carbocycles. The van der Waals surface area contributed by atoms with Crippen LogP contribution >= 0.6 is 0 Å². The van der Waals surface area contributed by atoms with Crippen molar-refractivity contribution >= 4 is 11.5 Å². The third kappa shape index (κ3) is 1.36. The van der Waals surface area contributed by atoms with Crippen molar-refractivity contribution < 1.29 is 9.58 Å². The zero-order valence-electron chi connectivity index (χ0n) is 7.59. The molecule has 1 aliphatic carbocycles. The summed E-state index contributed by atoms with van der Waals surface area (Å²) in [6, 6.07) is 0. The van der Waals surface area contributed by atoms with E-state index < -0.39 is 0 Å². The first kappa shape index (κ1) is 8.88.